The number of aromatic nitrogens is 3. The van der Waals surface area contributed by atoms with E-state index in [4.69, 9.17) is 16.3 Å². The number of carbonyl (C=O) groups is 1. The second kappa shape index (κ2) is 8.22. The molecule has 144 valence electrons. The number of anilines is 1. The van der Waals surface area contributed by atoms with Crippen LogP contribution in [0.3, 0.4) is 0 Å². The second-order valence-electron chi connectivity index (χ2n) is 6.25. The van der Waals surface area contributed by atoms with Crippen molar-refractivity contribution in [3.8, 4) is 17.0 Å². The van der Waals surface area contributed by atoms with Crippen LogP contribution in [-0.4, -0.2) is 27.8 Å². The molecule has 3 rings (SSSR count). The van der Waals surface area contributed by atoms with Gasteiger partial charge in [0.05, 0.1) is 24.0 Å². The molecule has 1 heterocycles. The lowest BCUT2D eigenvalue weighted by Crippen LogP contribution is -2.34. The number of nitrogens with one attached hydrogen (secondary N) is 1. The zero-order valence-electron chi connectivity index (χ0n) is 15.6. The number of amides is 1. The molecule has 3 aromatic rings. The van der Waals surface area contributed by atoms with Crippen LogP contribution in [0.1, 0.15) is 18.5 Å². The first-order valence-corrected chi connectivity index (χ1v) is 8.94. The predicted octanol–water partition coefficient (Wildman–Crippen LogP) is 3.48. The third-order valence-electron chi connectivity index (χ3n) is 4.23. The molecule has 0 bridgehead atoms. The maximum atomic E-state index is 12.5. The summed E-state index contributed by atoms with van der Waals surface area (Å²) in [6.45, 7) is 3.55. The first-order valence-electron chi connectivity index (χ1n) is 8.56. The van der Waals surface area contributed by atoms with Crippen molar-refractivity contribution in [3.05, 3.63) is 69.7 Å². The average molecular weight is 399 g/mol. The summed E-state index contributed by atoms with van der Waals surface area (Å²) in [5, 5.41) is 7.19. The summed E-state index contributed by atoms with van der Waals surface area (Å²) in [6.07, 6.45) is 1.47. The maximum Gasteiger partial charge on any atom is 0.365 e. The molecule has 0 aliphatic heterocycles. The van der Waals surface area contributed by atoms with Crippen molar-refractivity contribution in [2.75, 3.05) is 12.4 Å². The number of ether oxygens (including phenoxy) is 1. The van der Waals surface area contributed by atoms with E-state index in [-0.39, 0.29) is 0 Å². The molecule has 0 saturated heterocycles. The third-order valence-corrected chi connectivity index (χ3v) is 4.52. The zero-order valence-corrected chi connectivity index (χ0v) is 16.4. The molecule has 28 heavy (non-hydrogen) atoms. The molecule has 0 spiro atoms. The van der Waals surface area contributed by atoms with Crippen molar-refractivity contribution >= 4 is 23.2 Å². The Labute approximate surface area is 166 Å². The number of carbonyl (C=O) groups excluding carboxylic acids is 1. The van der Waals surface area contributed by atoms with Crippen LogP contribution in [0.5, 0.6) is 5.75 Å². The smallest absolute Gasteiger partial charge is 0.365 e. The average Bonchev–Trinajstić information content (AvgIpc) is 2.68. The van der Waals surface area contributed by atoms with E-state index in [1.165, 1.54) is 13.3 Å². The van der Waals surface area contributed by atoms with Gasteiger partial charge in [-0.15, -0.1) is 0 Å². The number of nitrogens with zero attached hydrogens (tertiary/aromatic N) is 3. The van der Waals surface area contributed by atoms with Crippen molar-refractivity contribution in [3.63, 3.8) is 0 Å². The molecular weight excluding hydrogens is 380 g/mol. The monoisotopic (exact) mass is 398 g/mol. The molecule has 1 aromatic heterocycles. The molecule has 1 amide bonds. The minimum absolute atomic E-state index is 0.368. The highest BCUT2D eigenvalue weighted by atomic mass is 35.5. The van der Waals surface area contributed by atoms with Crippen LogP contribution in [0, 0.1) is 6.92 Å². The fourth-order valence-electron chi connectivity index (χ4n) is 2.58. The van der Waals surface area contributed by atoms with Crippen molar-refractivity contribution in [1.29, 1.82) is 0 Å². The molecule has 1 unspecified atom stereocenters. The third kappa shape index (κ3) is 4.20. The van der Waals surface area contributed by atoms with Crippen LogP contribution in [-0.2, 0) is 4.79 Å². The van der Waals surface area contributed by atoms with Crippen molar-refractivity contribution in [2.45, 2.75) is 19.9 Å². The standard InChI is InChI=1S/C20H19ClN4O3/c1-12-4-6-14(7-5-12)17-11-22-25(20(27)24-17)13(2)19(26)23-15-8-9-18(28-3)16(21)10-15/h4-11,13H,1-3H3,(H,23,26). The normalized spacial score (nSPS) is 11.7. The van der Waals surface area contributed by atoms with E-state index in [1.807, 2.05) is 31.2 Å². The first-order chi connectivity index (χ1) is 13.4. The maximum absolute atomic E-state index is 12.5. The van der Waals surface area contributed by atoms with E-state index in [2.05, 4.69) is 15.4 Å². The van der Waals surface area contributed by atoms with Gasteiger partial charge in [-0.1, -0.05) is 41.4 Å². The Hall–Kier alpha value is -3.19. The quantitative estimate of drug-likeness (QED) is 0.711. The van der Waals surface area contributed by atoms with Crippen LogP contribution in [0.4, 0.5) is 5.69 Å². The highest BCUT2D eigenvalue weighted by Gasteiger charge is 2.19. The molecule has 0 saturated carbocycles. The summed E-state index contributed by atoms with van der Waals surface area (Å²) in [5.74, 6) is 0.0854. The molecule has 0 fully saturated rings. The van der Waals surface area contributed by atoms with E-state index >= 15 is 0 Å². The number of methoxy groups -OCH3 is 1. The van der Waals surface area contributed by atoms with Crippen LogP contribution >= 0.6 is 11.6 Å². The van der Waals surface area contributed by atoms with E-state index in [9.17, 15) is 9.59 Å². The van der Waals surface area contributed by atoms with Crippen molar-refractivity contribution in [2.24, 2.45) is 0 Å². The van der Waals surface area contributed by atoms with Crippen LogP contribution in [0.15, 0.2) is 53.5 Å². The number of rotatable bonds is 5. The summed E-state index contributed by atoms with van der Waals surface area (Å²) in [4.78, 5) is 28.9. The fraction of sp³-hybridized carbons (Fsp3) is 0.200. The number of aryl methyl sites for hydroxylation is 1. The summed E-state index contributed by atoms with van der Waals surface area (Å²) >= 11 is 6.07. The van der Waals surface area contributed by atoms with Gasteiger partial charge in [-0.05, 0) is 32.0 Å². The molecule has 0 aliphatic rings. The van der Waals surface area contributed by atoms with Gasteiger partial charge < -0.3 is 10.1 Å². The van der Waals surface area contributed by atoms with Crippen LogP contribution in [0.2, 0.25) is 5.02 Å². The molecule has 2 aromatic carbocycles. The lowest BCUT2D eigenvalue weighted by molar-refractivity contribution is -0.119. The van der Waals surface area contributed by atoms with Crippen LogP contribution < -0.4 is 15.7 Å². The van der Waals surface area contributed by atoms with E-state index in [0.717, 1.165) is 15.8 Å². The van der Waals surface area contributed by atoms with Gasteiger partial charge >= 0.3 is 5.69 Å². The minimum Gasteiger partial charge on any atom is -0.495 e. The number of hydrogen-bond donors (Lipinski definition) is 1. The minimum atomic E-state index is -0.854. The summed E-state index contributed by atoms with van der Waals surface area (Å²) < 4.78 is 6.12. The Kier molecular flexibility index (Phi) is 5.75. The lowest BCUT2D eigenvalue weighted by atomic mass is 10.1. The summed E-state index contributed by atoms with van der Waals surface area (Å²) in [6, 6.07) is 11.6. The molecule has 1 atom stereocenters. The summed E-state index contributed by atoms with van der Waals surface area (Å²) in [5.41, 5.74) is 2.23. The van der Waals surface area contributed by atoms with Gasteiger partial charge in [-0.25, -0.2) is 9.48 Å². The number of halogens is 1. The van der Waals surface area contributed by atoms with Crippen LogP contribution in [0.25, 0.3) is 11.3 Å². The molecule has 0 aliphatic carbocycles. The van der Waals surface area contributed by atoms with Crippen molar-refractivity contribution in [1.82, 2.24) is 14.8 Å². The van der Waals surface area contributed by atoms with Gasteiger partial charge in [0.15, 0.2) is 0 Å². The Morgan fingerprint density at radius 1 is 1.21 bits per heavy atom. The Morgan fingerprint density at radius 3 is 2.54 bits per heavy atom. The zero-order chi connectivity index (χ0) is 20.3. The second-order valence-corrected chi connectivity index (χ2v) is 6.66. The van der Waals surface area contributed by atoms with Gasteiger partial charge in [0.2, 0.25) is 5.91 Å². The van der Waals surface area contributed by atoms with Gasteiger partial charge in [0.25, 0.3) is 0 Å². The number of benzene rings is 2. The highest BCUT2D eigenvalue weighted by Crippen LogP contribution is 2.27. The SMILES string of the molecule is COc1ccc(NC(=O)C(C)n2ncc(-c3ccc(C)cc3)nc2=O)cc1Cl. The predicted molar refractivity (Wildman–Crippen MR) is 108 cm³/mol. The number of hydrogen-bond acceptors (Lipinski definition) is 5. The van der Waals surface area contributed by atoms with E-state index in [1.54, 1.807) is 25.1 Å². The van der Waals surface area contributed by atoms with Gasteiger partial charge in [0, 0.05) is 11.3 Å². The van der Waals surface area contributed by atoms with Gasteiger partial charge in [-0.3, -0.25) is 4.79 Å². The van der Waals surface area contributed by atoms with Gasteiger partial charge in [-0.2, -0.15) is 10.1 Å². The summed E-state index contributed by atoms with van der Waals surface area (Å²) in [7, 11) is 1.51. The Morgan fingerprint density at radius 2 is 1.93 bits per heavy atom. The molecule has 1 N–H and O–H groups in total. The van der Waals surface area contributed by atoms with E-state index < -0.39 is 17.6 Å². The Balaban J connectivity index is 1.79. The lowest BCUT2D eigenvalue weighted by Gasteiger charge is -2.14. The molecular formula is C20H19ClN4O3. The Bertz CT molecular complexity index is 1060. The molecule has 7 nitrogen and oxygen atoms in total. The topological polar surface area (TPSA) is 86.1 Å². The first kappa shape index (κ1) is 19.6. The largest absolute Gasteiger partial charge is 0.495 e. The van der Waals surface area contributed by atoms with E-state index in [0.29, 0.717) is 22.2 Å². The molecule has 0 radical (unpaired) electrons. The molecule has 8 heteroatoms. The van der Waals surface area contributed by atoms with Crippen molar-refractivity contribution < 1.29 is 9.53 Å². The van der Waals surface area contributed by atoms with Gasteiger partial charge in [0.1, 0.15) is 11.8 Å². The fourth-order valence-corrected chi connectivity index (χ4v) is 2.84. The highest BCUT2D eigenvalue weighted by molar-refractivity contribution is 6.32.